The molecule has 2 aromatic carbocycles. The Labute approximate surface area is 172 Å². The number of aromatic nitrogens is 2. The van der Waals surface area contributed by atoms with Crippen LogP contribution in [0.4, 0.5) is 14.7 Å². The molecule has 1 aliphatic carbocycles. The van der Waals surface area contributed by atoms with Crippen LogP contribution < -0.4 is 15.9 Å². The molecule has 0 spiro atoms. The first-order chi connectivity index (χ1) is 14.4. The molecular weight excluding hydrogens is 390 g/mol. The molecule has 4 rings (SSSR count). The highest BCUT2D eigenvalue weighted by Crippen LogP contribution is 2.26. The Morgan fingerprint density at radius 2 is 1.90 bits per heavy atom. The molecule has 0 aliphatic heterocycles. The van der Waals surface area contributed by atoms with Crippen molar-refractivity contribution in [3.05, 3.63) is 70.0 Å². The second-order valence-electron chi connectivity index (χ2n) is 7.58. The van der Waals surface area contributed by atoms with Gasteiger partial charge in [0, 0.05) is 13.1 Å². The van der Waals surface area contributed by atoms with E-state index in [0.29, 0.717) is 22.4 Å². The Bertz CT molecular complexity index is 1160. The molecule has 0 atom stereocenters. The van der Waals surface area contributed by atoms with Crippen molar-refractivity contribution in [2.75, 3.05) is 17.4 Å². The van der Waals surface area contributed by atoms with Crippen LogP contribution in [0.2, 0.25) is 0 Å². The number of amides is 1. The Morgan fingerprint density at radius 1 is 1.17 bits per heavy atom. The molecule has 1 amide bonds. The molecule has 30 heavy (non-hydrogen) atoms. The molecule has 6 nitrogen and oxygen atoms in total. The van der Waals surface area contributed by atoms with Gasteiger partial charge in [-0.25, -0.2) is 13.8 Å². The molecule has 1 N–H and O–H groups in total. The quantitative estimate of drug-likeness (QED) is 0.698. The highest BCUT2D eigenvalue weighted by atomic mass is 19.2. The van der Waals surface area contributed by atoms with Gasteiger partial charge in [0.05, 0.1) is 17.3 Å². The summed E-state index contributed by atoms with van der Waals surface area (Å²) in [5.41, 5.74) is 3.07. The van der Waals surface area contributed by atoms with Crippen molar-refractivity contribution in [2.24, 2.45) is 0 Å². The van der Waals surface area contributed by atoms with Crippen LogP contribution in [0.25, 0.3) is 10.9 Å². The monoisotopic (exact) mass is 412 g/mol. The predicted octanol–water partition coefficient (Wildman–Crippen LogP) is 3.37. The van der Waals surface area contributed by atoms with Crippen molar-refractivity contribution in [3.8, 4) is 0 Å². The lowest BCUT2D eigenvalue weighted by molar-refractivity contribution is -0.116. The first-order valence-corrected chi connectivity index (χ1v) is 9.92. The first kappa shape index (κ1) is 20.0. The second-order valence-corrected chi connectivity index (χ2v) is 7.58. The van der Waals surface area contributed by atoms with Gasteiger partial charge in [-0.3, -0.25) is 15.0 Å². The van der Waals surface area contributed by atoms with Gasteiger partial charge in [0.2, 0.25) is 11.9 Å². The summed E-state index contributed by atoms with van der Waals surface area (Å²) in [7, 11) is 1.87. The number of hydrogen-bond donors (Lipinski definition) is 1. The van der Waals surface area contributed by atoms with E-state index < -0.39 is 17.5 Å². The Morgan fingerprint density at radius 3 is 2.63 bits per heavy atom. The number of halogens is 2. The van der Waals surface area contributed by atoms with E-state index in [2.05, 4.69) is 10.4 Å². The van der Waals surface area contributed by atoms with Crippen LogP contribution >= 0.6 is 0 Å². The van der Waals surface area contributed by atoms with E-state index in [1.54, 1.807) is 24.3 Å². The summed E-state index contributed by atoms with van der Waals surface area (Å²) in [6.07, 6.45) is 3.98. The fraction of sp³-hybridized carbons (Fsp3) is 0.318. The standard InChI is InChI=1S/C22H22F2N4O2/c1-27(15-6-2-3-7-15)22-25-19-9-5-4-8-16(19)21(30)28(22)26-20(29)13-14-10-11-17(23)18(24)12-14/h4-5,8-12,15H,2-3,6-7,13H2,1H3,(H,26,29). The smallest absolute Gasteiger partial charge is 0.281 e. The normalized spacial score (nSPS) is 14.2. The van der Waals surface area contributed by atoms with E-state index in [9.17, 15) is 18.4 Å². The van der Waals surface area contributed by atoms with Crippen molar-refractivity contribution in [3.63, 3.8) is 0 Å². The van der Waals surface area contributed by atoms with Gasteiger partial charge in [-0.2, -0.15) is 4.68 Å². The summed E-state index contributed by atoms with van der Waals surface area (Å²) < 4.78 is 27.8. The minimum Gasteiger partial charge on any atom is -0.341 e. The summed E-state index contributed by atoms with van der Waals surface area (Å²) in [5.74, 6) is -2.17. The fourth-order valence-corrected chi connectivity index (χ4v) is 3.91. The molecule has 1 fully saturated rings. The van der Waals surface area contributed by atoms with Crippen molar-refractivity contribution >= 4 is 22.8 Å². The maximum absolute atomic E-state index is 13.5. The van der Waals surface area contributed by atoms with Crippen molar-refractivity contribution in [1.29, 1.82) is 0 Å². The van der Waals surface area contributed by atoms with Crippen molar-refractivity contribution in [1.82, 2.24) is 9.66 Å². The van der Waals surface area contributed by atoms with Gasteiger partial charge in [-0.15, -0.1) is 0 Å². The van der Waals surface area contributed by atoms with Crippen LogP contribution in [0.1, 0.15) is 31.2 Å². The van der Waals surface area contributed by atoms with Gasteiger partial charge in [-0.1, -0.05) is 31.0 Å². The van der Waals surface area contributed by atoms with Gasteiger partial charge >= 0.3 is 0 Å². The highest BCUT2D eigenvalue weighted by Gasteiger charge is 2.25. The van der Waals surface area contributed by atoms with Crippen LogP contribution in [-0.4, -0.2) is 28.7 Å². The molecule has 156 valence electrons. The first-order valence-electron chi connectivity index (χ1n) is 9.92. The Kier molecular flexibility index (Phi) is 5.48. The third-order valence-electron chi connectivity index (χ3n) is 5.53. The largest absolute Gasteiger partial charge is 0.341 e. The lowest BCUT2D eigenvalue weighted by atomic mass is 10.1. The molecule has 0 radical (unpaired) electrons. The molecule has 1 heterocycles. The van der Waals surface area contributed by atoms with E-state index in [0.717, 1.165) is 42.5 Å². The molecule has 1 aliphatic rings. The van der Waals surface area contributed by atoms with Gasteiger partial charge in [0.1, 0.15) is 0 Å². The Balaban J connectivity index is 1.69. The molecule has 1 aromatic heterocycles. The van der Waals surface area contributed by atoms with Gasteiger partial charge in [0.15, 0.2) is 11.6 Å². The van der Waals surface area contributed by atoms with Crippen molar-refractivity contribution in [2.45, 2.75) is 38.1 Å². The molecule has 3 aromatic rings. The van der Waals surface area contributed by atoms with Crippen LogP contribution in [0.3, 0.4) is 0 Å². The van der Waals surface area contributed by atoms with E-state index in [-0.39, 0.29) is 18.0 Å². The number of nitrogens with zero attached hydrogens (tertiary/aromatic N) is 3. The van der Waals surface area contributed by atoms with Crippen LogP contribution in [0.15, 0.2) is 47.3 Å². The fourth-order valence-electron chi connectivity index (χ4n) is 3.91. The summed E-state index contributed by atoms with van der Waals surface area (Å²) >= 11 is 0. The minimum absolute atomic E-state index is 0.205. The summed E-state index contributed by atoms with van der Waals surface area (Å²) in [6.45, 7) is 0. The van der Waals surface area contributed by atoms with E-state index >= 15 is 0 Å². The molecule has 0 saturated heterocycles. The third-order valence-corrected chi connectivity index (χ3v) is 5.53. The summed E-state index contributed by atoms with van der Waals surface area (Å²) in [6, 6.07) is 10.5. The minimum atomic E-state index is -1.02. The van der Waals surface area contributed by atoms with Gasteiger partial charge in [-0.05, 0) is 42.7 Å². The average Bonchev–Trinajstić information content (AvgIpc) is 3.27. The number of anilines is 1. The number of hydrogen-bond acceptors (Lipinski definition) is 4. The van der Waals surface area contributed by atoms with Gasteiger partial charge < -0.3 is 4.90 Å². The number of carbonyl (C=O) groups is 1. The topological polar surface area (TPSA) is 67.2 Å². The van der Waals surface area contributed by atoms with Crippen molar-refractivity contribution < 1.29 is 13.6 Å². The summed E-state index contributed by atoms with van der Waals surface area (Å²) in [4.78, 5) is 32.3. The maximum atomic E-state index is 13.5. The zero-order chi connectivity index (χ0) is 21.3. The zero-order valence-electron chi connectivity index (χ0n) is 16.6. The number of fused-ring (bicyclic) bond motifs is 1. The van der Waals surface area contributed by atoms with Crippen LogP contribution in [0.5, 0.6) is 0 Å². The van der Waals surface area contributed by atoms with Crippen LogP contribution in [-0.2, 0) is 11.2 Å². The number of carbonyl (C=O) groups excluding carboxylic acids is 1. The third kappa shape index (κ3) is 3.90. The average molecular weight is 412 g/mol. The molecule has 0 bridgehead atoms. The highest BCUT2D eigenvalue weighted by molar-refractivity contribution is 5.87. The molecule has 0 unspecified atom stereocenters. The molecule has 1 saturated carbocycles. The number of para-hydroxylation sites is 1. The van der Waals surface area contributed by atoms with E-state index in [4.69, 9.17) is 0 Å². The second kappa shape index (κ2) is 8.22. The maximum Gasteiger partial charge on any atom is 0.281 e. The van der Waals surface area contributed by atoms with E-state index in [1.807, 2.05) is 11.9 Å². The van der Waals surface area contributed by atoms with E-state index in [1.165, 1.54) is 6.07 Å². The predicted molar refractivity (Wildman–Crippen MR) is 111 cm³/mol. The zero-order valence-corrected chi connectivity index (χ0v) is 16.6. The molecule has 8 heteroatoms. The van der Waals surface area contributed by atoms with Gasteiger partial charge in [0.25, 0.3) is 5.56 Å². The lowest BCUT2D eigenvalue weighted by Gasteiger charge is -2.28. The summed E-state index contributed by atoms with van der Waals surface area (Å²) in [5, 5.41) is 0.384. The number of rotatable bonds is 5. The van der Waals surface area contributed by atoms with Crippen LogP contribution in [0, 0.1) is 11.6 Å². The molecular formula is C22H22F2N4O2. The SMILES string of the molecule is CN(c1nc2ccccc2c(=O)n1NC(=O)Cc1ccc(F)c(F)c1)C1CCCC1. The number of benzene rings is 2. The Hall–Kier alpha value is -3.29. The number of nitrogens with one attached hydrogen (secondary N) is 1. The lowest BCUT2D eigenvalue weighted by Crippen LogP contribution is -2.41.